The normalized spacial score (nSPS) is 18.2. The zero-order valence-corrected chi connectivity index (χ0v) is 15.8. The van der Waals surface area contributed by atoms with Crippen LogP contribution in [0.25, 0.3) is 0 Å². The molecule has 22 heavy (non-hydrogen) atoms. The molecule has 1 aliphatic rings. The standard InChI is InChI=1S/C15H22FN3OS.HI/c1-2-17-15(19-9-7-13(20)11-19)18-8-10-21-14-5-3-12(16)4-6-14;/h3-6,13,20H,2,7-11H2,1H3,(H,17,18);1H/t13-;/m1./s1. The Bertz CT molecular complexity index is 472. The Morgan fingerprint density at radius 2 is 2.18 bits per heavy atom. The molecule has 0 aliphatic carbocycles. The van der Waals surface area contributed by atoms with Gasteiger partial charge in [0.25, 0.3) is 0 Å². The Morgan fingerprint density at radius 3 is 2.77 bits per heavy atom. The number of halogens is 2. The van der Waals surface area contributed by atoms with Crippen molar-refractivity contribution < 1.29 is 9.50 Å². The highest BCUT2D eigenvalue weighted by Gasteiger charge is 2.22. The fourth-order valence-corrected chi connectivity index (χ4v) is 2.95. The van der Waals surface area contributed by atoms with Gasteiger partial charge in [0.05, 0.1) is 12.6 Å². The fourth-order valence-electron chi connectivity index (χ4n) is 2.21. The van der Waals surface area contributed by atoms with E-state index in [1.165, 1.54) is 12.1 Å². The average Bonchev–Trinajstić information content (AvgIpc) is 2.91. The number of β-amino-alcohol motifs (C(OH)–C–C–N with tert-alkyl or cyclic N) is 1. The molecule has 124 valence electrons. The first-order chi connectivity index (χ1) is 10.2. The van der Waals surface area contributed by atoms with Gasteiger partial charge >= 0.3 is 0 Å². The van der Waals surface area contributed by atoms with E-state index in [9.17, 15) is 9.50 Å². The number of nitrogens with zero attached hydrogens (tertiary/aromatic N) is 2. The minimum Gasteiger partial charge on any atom is -0.391 e. The summed E-state index contributed by atoms with van der Waals surface area (Å²) in [5.74, 6) is 1.50. The molecular weight excluding hydrogens is 416 g/mol. The van der Waals surface area contributed by atoms with Gasteiger partial charge in [-0.3, -0.25) is 4.99 Å². The maximum absolute atomic E-state index is 12.8. The van der Waals surface area contributed by atoms with Crippen LogP contribution >= 0.6 is 35.7 Å². The van der Waals surface area contributed by atoms with Crippen LogP contribution in [0.1, 0.15) is 13.3 Å². The molecule has 2 rings (SSSR count). The molecule has 1 aliphatic heterocycles. The Labute approximate surface area is 152 Å². The van der Waals surface area contributed by atoms with Crippen LogP contribution < -0.4 is 5.32 Å². The molecule has 0 saturated carbocycles. The van der Waals surface area contributed by atoms with E-state index in [1.807, 2.05) is 6.92 Å². The number of guanidine groups is 1. The summed E-state index contributed by atoms with van der Waals surface area (Å²) in [5.41, 5.74) is 0. The predicted molar refractivity (Wildman–Crippen MR) is 101 cm³/mol. The number of rotatable bonds is 5. The highest BCUT2D eigenvalue weighted by Crippen LogP contribution is 2.17. The number of aliphatic hydroxyl groups excluding tert-OH is 1. The van der Waals surface area contributed by atoms with E-state index in [0.29, 0.717) is 13.1 Å². The lowest BCUT2D eigenvalue weighted by Crippen LogP contribution is -2.40. The first-order valence-electron chi connectivity index (χ1n) is 7.28. The van der Waals surface area contributed by atoms with Gasteiger partial charge < -0.3 is 15.3 Å². The molecule has 7 heteroatoms. The van der Waals surface area contributed by atoms with Crippen molar-refractivity contribution in [2.45, 2.75) is 24.3 Å². The third kappa shape index (κ3) is 6.29. The monoisotopic (exact) mass is 439 g/mol. The second-order valence-corrected chi connectivity index (χ2v) is 6.09. The van der Waals surface area contributed by atoms with Crippen molar-refractivity contribution >= 4 is 41.7 Å². The topological polar surface area (TPSA) is 47.9 Å². The summed E-state index contributed by atoms with van der Waals surface area (Å²) >= 11 is 1.66. The predicted octanol–water partition coefficient (Wildman–Crippen LogP) is 2.57. The summed E-state index contributed by atoms with van der Waals surface area (Å²) in [7, 11) is 0. The maximum Gasteiger partial charge on any atom is 0.194 e. The Hall–Kier alpha value is -0.540. The molecule has 1 fully saturated rings. The van der Waals surface area contributed by atoms with E-state index < -0.39 is 0 Å². The van der Waals surface area contributed by atoms with Gasteiger partial charge in [0.2, 0.25) is 0 Å². The number of hydrogen-bond acceptors (Lipinski definition) is 3. The van der Waals surface area contributed by atoms with Gasteiger partial charge in [0.15, 0.2) is 5.96 Å². The smallest absolute Gasteiger partial charge is 0.194 e. The van der Waals surface area contributed by atoms with Crippen LogP contribution in [0.2, 0.25) is 0 Å². The number of nitrogens with one attached hydrogen (secondary N) is 1. The average molecular weight is 439 g/mol. The highest BCUT2D eigenvalue weighted by molar-refractivity contribution is 14.0. The molecule has 2 N–H and O–H groups in total. The molecule has 0 aromatic heterocycles. The number of benzene rings is 1. The Kier molecular flexibility index (Phi) is 9.11. The van der Waals surface area contributed by atoms with Gasteiger partial charge in [-0.1, -0.05) is 0 Å². The highest BCUT2D eigenvalue weighted by atomic mass is 127. The van der Waals surface area contributed by atoms with Crippen LogP contribution in [0.3, 0.4) is 0 Å². The lowest BCUT2D eigenvalue weighted by atomic mass is 10.3. The molecule has 0 spiro atoms. The first-order valence-corrected chi connectivity index (χ1v) is 8.27. The third-order valence-electron chi connectivity index (χ3n) is 3.23. The van der Waals surface area contributed by atoms with Crippen LogP contribution in [-0.4, -0.2) is 54.0 Å². The van der Waals surface area contributed by atoms with Crippen LogP contribution in [0.15, 0.2) is 34.2 Å². The maximum atomic E-state index is 12.8. The van der Waals surface area contributed by atoms with Gasteiger partial charge in [-0.05, 0) is 37.6 Å². The van der Waals surface area contributed by atoms with Gasteiger partial charge in [0.1, 0.15) is 5.82 Å². The number of aliphatic hydroxyl groups is 1. The molecule has 1 saturated heterocycles. The quantitative estimate of drug-likeness (QED) is 0.244. The second-order valence-electron chi connectivity index (χ2n) is 4.93. The van der Waals surface area contributed by atoms with E-state index in [-0.39, 0.29) is 35.9 Å². The van der Waals surface area contributed by atoms with E-state index in [0.717, 1.165) is 36.1 Å². The van der Waals surface area contributed by atoms with Crippen molar-refractivity contribution in [3.05, 3.63) is 30.1 Å². The first kappa shape index (κ1) is 19.5. The van der Waals surface area contributed by atoms with E-state index in [2.05, 4.69) is 15.2 Å². The summed E-state index contributed by atoms with van der Waals surface area (Å²) in [4.78, 5) is 7.73. The van der Waals surface area contributed by atoms with Crippen molar-refractivity contribution in [3.63, 3.8) is 0 Å². The van der Waals surface area contributed by atoms with Gasteiger partial charge in [-0.15, -0.1) is 35.7 Å². The summed E-state index contributed by atoms with van der Waals surface area (Å²) in [5, 5.41) is 12.9. The summed E-state index contributed by atoms with van der Waals surface area (Å²) in [6.45, 7) is 5.04. The van der Waals surface area contributed by atoms with E-state index in [4.69, 9.17) is 0 Å². The third-order valence-corrected chi connectivity index (χ3v) is 4.23. The van der Waals surface area contributed by atoms with Crippen LogP contribution in [0, 0.1) is 5.82 Å². The lowest BCUT2D eigenvalue weighted by Gasteiger charge is -2.20. The molecule has 1 aromatic carbocycles. The van der Waals surface area contributed by atoms with Crippen molar-refractivity contribution in [2.75, 3.05) is 31.9 Å². The molecule has 4 nitrogen and oxygen atoms in total. The van der Waals surface area contributed by atoms with Crippen LogP contribution in [0.5, 0.6) is 0 Å². The molecule has 0 radical (unpaired) electrons. The second kappa shape index (κ2) is 10.3. The van der Waals surface area contributed by atoms with E-state index in [1.54, 1.807) is 23.9 Å². The minimum absolute atomic E-state index is 0. The Morgan fingerprint density at radius 1 is 1.45 bits per heavy atom. The number of likely N-dealkylation sites (tertiary alicyclic amines) is 1. The molecule has 1 heterocycles. The van der Waals surface area contributed by atoms with Gasteiger partial charge in [-0.2, -0.15) is 0 Å². The van der Waals surface area contributed by atoms with Gasteiger partial charge in [-0.25, -0.2) is 4.39 Å². The SMILES string of the molecule is CCNC(=NCCSc1ccc(F)cc1)N1CC[C@@H](O)C1.I. The zero-order chi connectivity index (χ0) is 15.1. The molecule has 0 unspecified atom stereocenters. The minimum atomic E-state index is -0.248. The van der Waals surface area contributed by atoms with Crippen molar-refractivity contribution in [2.24, 2.45) is 4.99 Å². The zero-order valence-electron chi connectivity index (χ0n) is 12.7. The van der Waals surface area contributed by atoms with Crippen molar-refractivity contribution in [1.82, 2.24) is 10.2 Å². The molecule has 0 bridgehead atoms. The number of thioether (sulfide) groups is 1. The number of aliphatic imine (C=N–C) groups is 1. The Balaban J connectivity index is 0.00000242. The summed E-state index contributed by atoms with van der Waals surface area (Å²) < 4.78 is 12.8. The van der Waals surface area contributed by atoms with Gasteiger partial charge in [0, 0.05) is 30.3 Å². The fraction of sp³-hybridized carbons (Fsp3) is 0.533. The molecule has 1 aromatic rings. The molecular formula is C15H23FIN3OS. The number of hydrogen-bond donors (Lipinski definition) is 2. The molecule has 1 atom stereocenters. The largest absolute Gasteiger partial charge is 0.391 e. The van der Waals surface area contributed by atoms with Crippen LogP contribution in [-0.2, 0) is 0 Å². The summed E-state index contributed by atoms with van der Waals surface area (Å²) in [6.07, 6.45) is 0.553. The van der Waals surface area contributed by atoms with Crippen molar-refractivity contribution in [1.29, 1.82) is 0 Å². The van der Waals surface area contributed by atoms with Crippen LogP contribution in [0.4, 0.5) is 4.39 Å². The van der Waals surface area contributed by atoms with E-state index >= 15 is 0 Å². The lowest BCUT2D eigenvalue weighted by molar-refractivity contribution is 0.188. The van der Waals surface area contributed by atoms with Crippen molar-refractivity contribution in [3.8, 4) is 0 Å². The summed E-state index contributed by atoms with van der Waals surface area (Å²) in [6, 6.07) is 6.51. The molecule has 0 amide bonds.